The van der Waals surface area contributed by atoms with Gasteiger partial charge in [-0.25, -0.2) is 5.01 Å². The second-order valence-electron chi connectivity index (χ2n) is 15.8. The molecule has 4 aromatic carbocycles. The number of unbranched alkanes of at least 4 members (excludes halogenated alkanes) is 1. The molecule has 0 radical (unpaired) electrons. The molecule has 332 valence electrons. The number of nitrogens with zero attached hydrogens (tertiary/aromatic N) is 6. The van der Waals surface area contributed by atoms with Gasteiger partial charge in [0.2, 0.25) is 17.6 Å². The summed E-state index contributed by atoms with van der Waals surface area (Å²) < 4.78 is 5.30. The fourth-order valence-corrected chi connectivity index (χ4v) is 7.43. The SMILES string of the molecule is CCCCC(=O)N(Cc1ccc(-c2ccccc2-c2nnn(NN(C(=O)CCC(=O)[O-])C(Cc3ccc(-c4ccccc4)cc3)C[C@@H](C)C(=O)OCC)n2)cc1)C(C(=O)[O-])C(C)C. The van der Waals surface area contributed by atoms with Crippen LogP contribution in [0.3, 0.4) is 0 Å². The zero-order valence-electron chi connectivity index (χ0n) is 36.4. The molecule has 0 spiro atoms. The molecular weight excluding hydrogens is 803 g/mol. The molecule has 0 fully saturated rings. The summed E-state index contributed by atoms with van der Waals surface area (Å²) in [7, 11) is 0. The molecule has 1 N–H and O–H groups in total. The first-order valence-electron chi connectivity index (χ1n) is 21.4. The van der Waals surface area contributed by atoms with E-state index in [1.165, 1.54) is 9.91 Å². The smallest absolute Gasteiger partial charge is 0.308 e. The molecule has 15 heteroatoms. The number of amides is 2. The van der Waals surface area contributed by atoms with Gasteiger partial charge in [-0.3, -0.25) is 14.4 Å². The Morgan fingerprint density at radius 2 is 1.35 bits per heavy atom. The van der Waals surface area contributed by atoms with E-state index >= 15 is 0 Å². The van der Waals surface area contributed by atoms with Gasteiger partial charge in [0.1, 0.15) is 0 Å². The number of nitrogens with one attached hydrogen (secondary N) is 1. The molecule has 0 saturated heterocycles. The zero-order chi connectivity index (χ0) is 45.5. The first-order valence-corrected chi connectivity index (χ1v) is 21.4. The van der Waals surface area contributed by atoms with Crippen LogP contribution in [0.1, 0.15) is 84.3 Å². The summed E-state index contributed by atoms with van der Waals surface area (Å²) in [4.78, 5) is 66.1. The number of rotatable bonds is 23. The van der Waals surface area contributed by atoms with Crippen LogP contribution in [-0.4, -0.2) is 78.6 Å². The van der Waals surface area contributed by atoms with E-state index in [-0.39, 0.29) is 50.1 Å². The highest BCUT2D eigenvalue weighted by Gasteiger charge is 2.31. The molecule has 2 amide bonds. The maximum atomic E-state index is 13.9. The second kappa shape index (κ2) is 22.8. The van der Waals surface area contributed by atoms with Gasteiger partial charge in [0.15, 0.2) is 0 Å². The average Bonchev–Trinajstić information content (AvgIpc) is 3.75. The largest absolute Gasteiger partial charge is 0.550 e. The molecule has 5 rings (SSSR count). The van der Waals surface area contributed by atoms with Crippen molar-refractivity contribution in [2.75, 3.05) is 12.1 Å². The third-order valence-electron chi connectivity index (χ3n) is 10.7. The minimum absolute atomic E-state index is 0.0968. The van der Waals surface area contributed by atoms with E-state index in [9.17, 15) is 34.2 Å². The van der Waals surface area contributed by atoms with Crippen molar-refractivity contribution in [1.29, 1.82) is 0 Å². The van der Waals surface area contributed by atoms with Gasteiger partial charge in [0, 0.05) is 30.9 Å². The van der Waals surface area contributed by atoms with Crippen LogP contribution < -0.4 is 15.7 Å². The highest BCUT2D eigenvalue weighted by molar-refractivity contribution is 5.84. The van der Waals surface area contributed by atoms with Gasteiger partial charge in [0.05, 0.1) is 30.6 Å². The minimum atomic E-state index is -1.39. The number of ether oxygens (including phenoxy) is 1. The van der Waals surface area contributed by atoms with Gasteiger partial charge in [-0.15, -0.1) is 10.2 Å². The molecule has 3 atom stereocenters. The molecule has 2 unspecified atom stereocenters. The number of carboxylic acid groups (broad SMARTS) is 2. The van der Waals surface area contributed by atoms with E-state index in [0.29, 0.717) is 12.0 Å². The topological polar surface area (TPSA) is 203 Å². The molecular formula is C48H55N7O8-2. The van der Waals surface area contributed by atoms with E-state index in [1.54, 1.807) is 27.7 Å². The predicted octanol–water partition coefficient (Wildman–Crippen LogP) is 4.99. The Morgan fingerprint density at radius 3 is 1.97 bits per heavy atom. The Labute approximate surface area is 368 Å². The Kier molecular flexibility index (Phi) is 17.1. The fourth-order valence-electron chi connectivity index (χ4n) is 7.43. The van der Waals surface area contributed by atoms with Crippen molar-refractivity contribution in [2.45, 2.75) is 98.2 Å². The van der Waals surface area contributed by atoms with Gasteiger partial charge >= 0.3 is 5.97 Å². The number of aliphatic carboxylic acids is 2. The Hall–Kier alpha value is -6.90. The van der Waals surface area contributed by atoms with Crippen LogP contribution in [-0.2, 0) is 41.7 Å². The summed E-state index contributed by atoms with van der Waals surface area (Å²) in [5.41, 5.74) is 8.70. The van der Waals surface area contributed by atoms with Crippen LogP contribution in [0.25, 0.3) is 33.6 Å². The number of carboxylic acids is 2. The normalized spacial score (nSPS) is 12.5. The Morgan fingerprint density at radius 1 is 0.730 bits per heavy atom. The number of tetrazole rings is 1. The van der Waals surface area contributed by atoms with Crippen LogP contribution in [0.5, 0.6) is 0 Å². The third kappa shape index (κ3) is 13.1. The fraction of sp³-hybridized carbons (Fsp3) is 0.375. The lowest BCUT2D eigenvalue weighted by molar-refractivity contribution is -0.313. The van der Waals surface area contributed by atoms with Crippen molar-refractivity contribution in [3.63, 3.8) is 0 Å². The highest BCUT2D eigenvalue weighted by atomic mass is 16.5. The lowest BCUT2D eigenvalue weighted by atomic mass is 9.94. The molecule has 0 aliphatic heterocycles. The van der Waals surface area contributed by atoms with Crippen LogP contribution in [0.15, 0.2) is 103 Å². The van der Waals surface area contributed by atoms with Crippen molar-refractivity contribution < 1.29 is 38.9 Å². The number of hydrazine groups is 1. The van der Waals surface area contributed by atoms with Gasteiger partial charge in [0.25, 0.3) is 0 Å². The van der Waals surface area contributed by atoms with E-state index in [4.69, 9.17) is 4.74 Å². The molecule has 0 bridgehead atoms. The average molecular weight is 858 g/mol. The Balaban J connectivity index is 1.43. The standard InChI is InChI=1S/C48H57N7O8/c1-6-8-18-42(56)53(45(32(3)4)47(60)61)31-35-21-25-38(26-22-35)40-16-12-13-17-41(40)46-49-51-55(50-46)52-54(43(57)27-28-44(58)59)39(29-33(5)48(62)63-7-2)30-34-19-23-37(24-20-34)36-14-10-9-11-15-36/h9-17,19-26,32-33,39,45,52H,6-8,18,27-31H2,1-5H3,(H,58,59)(H,60,61)/p-2/t33-,39?,45?/m1/s1. The molecule has 63 heavy (non-hydrogen) atoms. The second-order valence-corrected chi connectivity index (χ2v) is 15.8. The molecule has 0 saturated carbocycles. The van der Waals surface area contributed by atoms with Crippen molar-refractivity contribution in [2.24, 2.45) is 11.8 Å². The lowest BCUT2D eigenvalue weighted by Gasteiger charge is -2.35. The van der Waals surface area contributed by atoms with Gasteiger partial charge in [-0.2, -0.15) is 5.53 Å². The van der Waals surface area contributed by atoms with Crippen LogP contribution in [0.2, 0.25) is 0 Å². The maximum Gasteiger partial charge on any atom is 0.308 e. The number of esters is 1. The van der Waals surface area contributed by atoms with E-state index in [2.05, 4.69) is 20.9 Å². The molecule has 1 aromatic heterocycles. The first-order chi connectivity index (χ1) is 30.3. The molecule has 0 aliphatic rings. The summed E-state index contributed by atoms with van der Waals surface area (Å²) in [6.07, 6.45) is 1.18. The summed E-state index contributed by atoms with van der Waals surface area (Å²) in [6.45, 7) is 9.18. The highest BCUT2D eigenvalue weighted by Crippen LogP contribution is 2.31. The van der Waals surface area contributed by atoms with Crippen LogP contribution in [0.4, 0.5) is 0 Å². The van der Waals surface area contributed by atoms with Gasteiger partial charge < -0.3 is 29.4 Å². The predicted molar refractivity (Wildman–Crippen MR) is 233 cm³/mol. The molecule has 15 nitrogen and oxygen atoms in total. The van der Waals surface area contributed by atoms with E-state index < -0.39 is 54.7 Å². The third-order valence-corrected chi connectivity index (χ3v) is 10.7. The molecule has 1 heterocycles. The van der Waals surface area contributed by atoms with Crippen LogP contribution >= 0.6 is 0 Å². The number of hydrogen-bond donors (Lipinski definition) is 1. The maximum absolute atomic E-state index is 13.9. The number of carbonyl (C=O) groups excluding carboxylic acids is 5. The Bertz CT molecular complexity index is 2300. The minimum Gasteiger partial charge on any atom is -0.550 e. The van der Waals surface area contributed by atoms with Gasteiger partial charge in [-0.05, 0) is 82.0 Å². The van der Waals surface area contributed by atoms with E-state index in [1.807, 2.05) is 110 Å². The number of benzene rings is 4. The number of carbonyl (C=O) groups is 5. The van der Waals surface area contributed by atoms with Crippen molar-refractivity contribution >= 4 is 29.7 Å². The van der Waals surface area contributed by atoms with E-state index in [0.717, 1.165) is 44.7 Å². The molecule has 5 aromatic rings. The number of aromatic nitrogens is 4. The molecule has 0 aliphatic carbocycles. The summed E-state index contributed by atoms with van der Waals surface area (Å²) in [5, 5.41) is 38.0. The summed E-state index contributed by atoms with van der Waals surface area (Å²) in [5.74, 6) is -4.74. The zero-order valence-corrected chi connectivity index (χ0v) is 36.4. The van der Waals surface area contributed by atoms with Crippen molar-refractivity contribution in [3.8, 4) is 33.6 Å². The van der Waals surface area contributed by atoms with Crippen LogP contribution in [0, 0.1) is 11.8 Å². The van der Waals surface area contributed by atoms with Crippen molar-refractivity contribution in [1.82, 2.24) is 30.2 Å². The summed E-state index contributed by atoms with van der Waals surface area (Å²) in [6, 6.07) is 30.7. The summed E-state index contributed by atoms with van der Waals surface area (Å²) >= 11 is 0. The quantitative estimate of drug-likeness (QED) is 0.0683. The first kappa shape index (κ1) is 47.2. The number of hydrogen-bond acceptors (Lipinski definition) is 12. The lowest BCUT2D eigenvalue weighted by Crippen LogP contribution is -2.52. The van der Waals surface area contributed by atoms with Crippen molar-refractivity contribution in [3.05, 3.63) is 114 Å². The monoisotopic (exact) mass is 857 g/mol. The van der Waals surface area contributed by atoms with Gasteiger partial charge in [-0.1, -0.05) is 137 Å².